The number of hydrogen-bond acceptors (Lipinski definition) is 4. The highest BCUT2D eigenvalue weighted by Crippen LogP contribution is 2.48. The van der Waals surface area contributed by atoms with Gasteiger partial charge in [-0.1, -0.05) is 23.7 Å². The number of rotatable bonds is 7. The van der Waals surface area contributed by atoms with E-state index in [9.17, 15) is 8.42 Å². The van der Waals surface area contributed by atoms with E-state index in [1.54, 1.807) is 0 Å². The normalized spacial score (nSPS) is 21.6. The van der Waals surface area contributed by atoms with E-state index in [4.69, 9.17) is 16.6 Å². The molecule has 1 aliphatic carbocycles. The van der Waals surface area contributed by atoms with Crippen molar-refractivity contribution >= 4 is 27.4 Å². The first-order valence-electron chi connectivity index (χ1n) is 9.63. The monoisotopic (exact) mass is 412 g/mol. The topological polar surface area (TPSA) is 73.8 Å². The van der Waals surface area contributed by atoms with E-state index < -0.39 is 9.84 Å². The minimum absolute atomic E-state index is 0.120. The Morgan fingerprint density at radius 1 is 1.26 bits per heavy atom. The first-order valence-corrected chi connectivity index (χ1v) is 11.8. The van der Waals surface area contributed by atoms with E-state index in [1.165, 1.54) is 5.56 Å². The van der Waals surface area contributed by atoms with Gasteiger partial charge in [-0.25, -0.2) is 8.42 Å². The lowest BCUT2D eigenvalue weighted by molar-refractivity contribution is 0.299. The third-order valence-corrected chi connectivity index (χ3v) is 7.18. The molecule has 1 aromatic rings. The molecule has 150 valence electrons. The fourth-order valence-corrected chi connectivity index (χ4v) is 4.85. The minimum Gasteiger partial charge on any atom is -0.357 e. The van der Waals surface area contributed by atoms with Crippen LogP contribution in [0.25, 0.3) is 0 Å². The summed E-state index contributed by atoms with van der Waals surface area (Å²) in [6.07, 6.45) is 2.27. The van der Waals surface area contributed by atoms with Crippen LogP contribution < -0.4 is 10.6 Å². The van der Waals surface area contributed by atoms with E-state index in [1.807, 2.05) is 12.1 Å². The number of hydrogen-bond donors (Lipinski definition) is 2. The van der Waals surface area contributed by atoms with Gasteiger partial charge < -0.3 is 10.6 Å². The van der Waals surface area contributed by atoms with Gasteiger partial charge >= 0.3 is 0 Å². The average molecular weight is 413 g/mol. The Morgan fingerprint density at radius 3 is 2.63 bits per heavy atom. The molecule has 1 saturated carbocycles. The van der Waals surface area contributed by atoms with Crippen LogP contribution in [-0.4, -0.2) is 70.1 Å². The number of nitrogens with one attached hydrogen (secondary N) is 2. The van der Waals surface area contributed by atoms with E-state index in [0.29, 0.717) is 13.1 Å². The number of halogens is 1. The Labute approximate surface area is 167 Å². The first-order chi connectivity index (χ1) is 12.9. The summed E-state index contributed by atoms with van der Waals surface area (Å²) in [5, 5.41) is 7.44. The number of benzene rings is 1. The van der Waals surface area contributed by atoms with Crippen molar-refractivity contribution in [2.75, 3.05) is 50.8 Å². The Kier molecular flexibility index (Phi) is 6.65. The highest BCUT2D eigenvalue weighted by Gasteiger charge is 2.44. The summed E-state index contributed by atoms with van der Waals surface area (Å²) < 4.78 is 23.0. The van der Waals surface area contributed by atoms with Crippen LogP contribution in [0, 0.1) is 0 Å². The quantitative estimate of drug-likeness (QED) is 0.526. The Hall–Kier alpha value is -1.31. The van der Waals surface area contributed by atoms with E-state index >= 15 is 0 Å². The zero-order valence-electron chi connectivity index (χ0n) is 15.9. The van der Waals surface area contributed by atoms with Crippen LogP contribution in [-0.2, 0) is 15.3 Å². The van der Waals surface area contributed by atoms with Crippen molar-refractivity contribution in [2.45, 2.75) is 25.2 Å². The molecular formula is C19H29ClN4O2S. The highest BCUT2D eigenvalue weighted by molar-refractivity contribution is 7.91. The van der Waals surface area contributed by atoms with Gasteiger partial charge in [-0.05, 0) is 37.5 Å². The summed E-state index contributed by atoms with van der Waals surface area (Å²) >= 11 is 6.15. The van der Waals surface area contributed by atoms with Crippen LogP contribution in [0.5, 0.6) is 0 Å². The maximum Gasteiger partial charge on any atom is 0.191 e. The van der Waals surface area contributed by atoms with Gasteiger partial charge in [-0.3, -0.25) is 9.89 Å². The van der Waals surface area contributed by atoms with Gasteiger partial charge in [0.2, 0.25) is 0 Å². The van der Waals surface area contributed by atoms with Crippen LogP contribution in [0.15, 0.2) is 29.3 Å². The molecule has 1 aliphatic heterocycles. The zero-order valence-corrected chi connectivity index (χ0v) is 17.5. The molecule has 1 saturated heterocycles. The fourth-order valence-electron chi connectivity index (χ4n) is 3.39. The summed E-state index contributed by atoms with van der Waals surface area (Å²) in [7, 11) is -2.82. The van der Waals surface area contributed by atoms with Crippen molar-refractivity contribution in [1.82, 2.24) is 15.5 Å². The lowest BCUT2D eigenvalue weighted by Crippen LogP contribution is -2.46. The molecule has 0 spiro atoms. The minimum atomic E-state index is -2.82. The number of aliphatic imine (C=N–C) groups is 1. The SMILES string of the molecule is CCNC(=NCC1(c2cccc(Cl)c2)CC1)NCCN1CCS(=O)(=O)CC1. The van der Waals surface area contributed by atoms with Gasteiger partial charge in [0, 0.05) is 43.2 Å². The highest BCUT2D eigenvalue weighted by atomic mass is 35.5. The number of nitrogens with zero attached hydrogens (tertiary/aromatic N) is 2. The summed E-state index contributed by atoms with van der Waals surface area (Å²) in [5.41, 5.74) is 1.39. The maximum atomic E-state index is 11.5. The second-order valence-corrected chi connectivity index (χ2v) is 10.1. The van der Waals surface area contributed by atoms with Gasteiger partial charge in [-0.15, -0.1) is 0 Å². The smallest absolute Gasteiger partial charge is 0.191 e. The van der Waals surface area contributed by atoms with Gasteiger partial charge in [0.25, 0.3) is 0 Å². The summed E-state index contributed by atoms with van der Waals surface area (Å²) in [4.78, 5) is 6.98. The molecular weight excluding hydrogens is 384 g/mol. The second-order valence-electron chi connectivity index (χ2n) is 7.41. The summed E-state index contributed by atoms with van der Waals surface area (Å²) in [6.45, 7) is 6.40. The molecule has 27 heavy (non-hydrogen) atoms. The van der Waals surface area contributed by atoms with Gasteiger partial charge in [-0.2, -0.15) is 0 Å². The van der Waals surface area contributed by atoms with E-state index in [2.05, 4.69) is 34.6 Å². The molecule has 2 fully saturated rings. The summed E-state index contributed by atoms with van der Waals surface area (Å²) in [5.74, 6) is 1.35. The molecule has 8 heteroatoms. The van der Waals surface area contributed by atoms with Crippen LogP contribution in [0.4, 0.5) is 0 Å². The second kappa shape index (κ2) is 8.80. The predicted octanol–water partition coefficient (Wildman–Crippen LogP) is 1.66. The van der Waals surface area contributed by atoms with Crippen LogP contribution in [0.2, 0.25) is 5.02 Å². The zero-order chi connectivity index (χ0) is 19.3. The van der Waals surface area contributed by atoms with Crippen LogP contribution in [0.3, 0.4) is 0 Å². The van der Waals surface area contributed by atoms with Gasteiger partial charge in [0.1, 0.15) is 0 Å². The molecule has 0 bridgehead atoms. The average Bonchev–Trinajstić information content (AvgIpc) is 3.42. The first kappa shape index (κ1) is 20.4. The predicted molar refractivity (Wildman–Crippen MR) is 111 cm³/mol. The van der Waals surface area contributed by atoms with E-state index in [-0.39, 0.29) is 16.9 Å². The fraction of sp³-hybridized carbons (Fsp3) is 0.632. The molecule has 1 aromatic carbocycles. The molecule has 6 nitrogen and oxygen atoms in total. The van der Waals surface area contributed by atoms with Crippen molar-refractivity contribution in [3.8, 4) is 0 Å². The number of sulfone groups is 1. The molecule has 0 amide bonds. The molecule has 2 N–H and O–H groups in total. The van der Waals surface area contributed by atoms with Crippen molar-refractivity contribution in [2.24, 2.45) is 4.99 Å². The third-order valence-electron chi connectivity index (χ3n) is 5.33. The molecule has 0 atom stereocenters. The Morgan fingerprint density at radius 2 is 2.00 bits per heavy atom. The lowest BCUT2D eigenvalue weighted by atomic mass is 9.96. The van der Waals surface area contributed by atoms with Crippen molar-refractivity contribution in [3.05, 3.63) is 34.9 Å². The number of guanidine groups is 1. The Bertz CT molecular complexity index is 764. The van der Waals surface area contributed by atoms with Gasteiger partial charge in [0.15, 0.2) is 15.8 Å². The third kappa shape index (κ3) is 5.83. The largest absolute Gasteiger partial charge is 0.357 e. The molecule has 1 heterocycles. The molecule has 3 rings (SSSR count). The standard InChI is InChI=1S/C19H29ClN4O2S/c1-2-21-18(22-8-9-24-10-12-27(25,26)13-11-24)23-15-19(6-7-19)16-4-3-5-17(20)14-16/h3-5,14H,2,6-13,15H2,1H3,(H2,21,22,23). The van der Waals surface area contributed by atoms with Crippen LogP contribution >= 0.6 is 11.6 Å². The maximum absolute atomic E-state index is 11.5. The van der Waals surface area contributed by atoms with Crippen LogP contribution in [0.1, 0.15) is 25.3 Å². The van der Waals surface area contributed by atoms with Crippen molar-refractivity contribution in [3.63, 3.8) is 0 Å². The molecule has 0 radical (unpaired) electrons. The molecule has 0 unspecified atom stereocenters. The van der Waals surface area contributed by atoms with E-state index in [0.717, 1.165) is 50.0 Å². The lowest BCUT2D eigenvalue weighted by Gasteiger charge is -2.26. The Balaban J connectivity index is 1.51. The summed E-state index contributed by atoms with van der Waals surface area (Å²) in [6, 6.07) is 8.10. The molecule has 2 aliphatic rings. The van der Waals surface area contributed by atoms with Crippen molar-refractivity contribution in [1.29, 1.82) is 0 Å². The van der Waals surface area contributed by atoms with Crippen molar-refractivity contribution < 1.29 is 8.42 Å². The molecule has 0 aromatic heterocycles. The van der Waals surface area contributed by atoms with Gasteiger partial charge in [0.05, 0.1) is 18.1 Å².